The predicted octanol–water partition coefficient (Wildman–Crippen LogP) is 4.39. The van der Waals surface area contributed by atoms with Crippen LogP contribution < -0.4 is 4.74 Å². The van der Waals surface area contributed by atoms with Crippen LogP contribution >= 0.6 is 0 Å². The molecule has 1 heterocycles. The van der Waals surface area contributed by atoms with Gasteiger partial charge in [0.2, 0.25) is 0 Å². The first-order valence-electron chi connectivity index (χ1n) is 9.23. The Balaban J connectivity index is 2.07. The summed E-state index contributed by atoms with van der Waals surface area (Å²) in [4.78, 5) is 24.3. The molecule has 6 nitrogen and oxygen atoms in total. The van der Waals surface area contributed by atoms with Crippen molar-refractivity contribution < 1.29 is 14.6 Å². The van der Waals surface area contributed by atoms with Crippen molar-refractivity contribution in [3.8, 4) is 22.9 Å². The molecule has 2 unspecified atom stereocenters. The van der Waals surface area contributed by atoms with E-state index in [1.165, 1.54) is 18.7 Å². The van der Waals surface area contributed by atoms with E-state index in [0.717, 1.165) is 32.1 Å². The number of aromatic nitrogens is 3. The topological polar surface area (TPSA) is 85.2 Å². The van der Waals surface area contributed by atoms with Gasteiger partial charge in [-0.05, 0) is 30.9 Å². The van der Waals surface area contributed by atoms with Gasteiger partial charge in [0.15, 0.2) is 5.82 Å². The molecule has 0 amide bonds. The van der Waals surface area contributed by atoms with Crippen LogP contribution in [0.2, 0.25) is 0 Å². The van der Waals surface area contributed by atoms with E-state index in [-0.39, 0.29) is 17.6 Å². The zero-order chi connectivity index (χ0) is 18.9. The fourth-order valence-electron chi connectivity index (χ4n) is 3.03. The minimum Gasteiger partial charge on any atom is -0.507 e. The standard InChI is InChI=1S/C20H27N3O3/c1-4-6-8-15(7-5-2)14(3)20(25)26-16-9-10-17(18(24)11-16)19-22-12-21-13-23-19/h9-15,24H,4-8H2,1-3H3. The van der Waals surface area contributed by atoms with E-state index in [9.17, 15) is 9.90 Å². The first-order valence-corrected chi connectivity index (χ1v) is 9.23. The van der Waals surface area contributed by atoms with Gasteiger partial charge in [-0.2, -0.15) is 0 Å². The highest BCUT2D eigenvalue weighted by atomic mass is 16.5. The Bertz CT molecular complexity index is 707. The summed E-state index contributed by atoms with van der Waals surface area (Å²) in [6.45, 7) is 6.22. The zero-order valence-electron chi connectivity index (χ0n) is 15.7. The van der Waals surface area contributed by atoms with Crippen LogP contribution in [0.15, 0.2) is 30.9 Å². The number of phenolic OH excluding ortho intramolecular Hbond substituents is 1. The van der Waals surface area contributed by atoms with Gasteiger partial charge < -0.3 is 9.84 Å². The average molecular weight is 357 g/mol. The molecule has 2 atom stereocenters. The van der Waals surface area contributed by atoms with Crippen LogP contribution in [0.4, 0.5) is 0 Å². The minimum atomic E-state index is -0.258. The Morgan fingerprint density at radius 3 is 2.50 bits per heavy atom. The van der Waals surface area contributed by atoms with Crippen molar-refractivity contribution in [2.45, 2.75) is 52.9 Å². The third-order valence-corrected chi connectivity index (χ3v) is 4.59. The number of carbonyl (C=O) groups excluding carboxylic acids is 1. The Morgan fingerprint density at radius 1 is 1.15 bits per heavy atom. The third-order valence-electron chi connectivity index (χ3n) is 4.59. The maximum Gasteiger partial charge on any atom is 0.314 e. The summed E-state index contributed by atoms with van der Waals surface area (Å²) in [7, 11) is 0. The Morgan fingerprint density at radius 2 is 1.88 bits per heavy atom. The number of aromatic hydroxyl groups is 1. The van der Waals surface area contributed by atoms with Crippen LogP contribution in [0.1, 0.15) is 52.9 Å². The number of rotatable bonds is 9. The monoisotopic (exact) mass is 357 g/mol. The van der Waals surface area contributed by atoms with Crippen molar-refractivity contribution in [2.75, 3.05) is 0 Å². The van der Waals surface area contributed by atoms with Gasteiger partial charge in [-0.1, -0.05) is 40.0 Å². The molecule has 0 saturated carbocycles. The molecule has 0 aliphatic carbocycles. The Kier molecular flexibility index (Phi) is 7.51. The molecule has 0 spiro atoms. The number of esters is 1. The summed E-state index contributed by atoms with van der Waals surface area (Å²) < 4.78 is 5.50. The lowest BCUT2D eigenvalue weighted by Gasteiger charge is -2.22. The van der Waals surface area contributed by atoms with Crippen molar-refractivity contribution >= 4 is 5.97 Å². The summed E-state index contributed by atoms with van der Waals surface area (Å²) in [5.74, 6) is 0.545. The molecule has 2 aromatic rings. The number of unbranched alkanes of at least 4 members (excludes halogenated alkanes) is 1. The Labute approximate surface area is 154 Å². The number of nitrogens with zero attached hydrogens (tertiary/aromatic N) is 3. The van der Waals surface area contributed by atoms with Crippen molar-refractivity contribution in [2.24, 2.45) is 11.8 Å². The molecule has 1 N–H and O–H groups in total. The smallest absolute Gasteiger partial charge is 0.314 e. The molecule has 0 aliphatic rings. The van der Waals surface area contributed by atoms with Gasteiger partial charge in [-0.15, -0.1) is 0 Å². The molecular formula is C20H27N3O3. The van der Waals surface area contributed by atoms with Gasteiger partial charge in [0.25, 0.3) is 0 Å². The molecule has 0 saturated heterocycles. The second kappa shape index (κ2) is 9.85. The van der Waals surface area contributed by atoms with Crippen molar-refractivity contribution in [3.63, 3.8) is 0 Å². The van der Waals surface area contributed by atoms with E-state index < -0.39 is 0 Å². The van der Waals surface area contributed by atoms with Crippen LogP contribution in [-0.2, 0) is 4.79 Å². The summed E-state index contributed by atoms with van der Waals surface area (Å²) in [5.41, 5.74) is 0.465. The molecule has 140 valence electrons. The van der Waals surface area contributed by atoms with E-state index in [1.54, 1.807) is 12.1 Å². The normalized spacial score (nSPS) is 13.2. The number of ether oxygens (including phenoxy) is 1. The molecule has 0 bridgehead atoms. The van der Waals surface area contributed by atoms with E-state index in [2.05, 4.69) is 28.8 Å². The maximum atomic E-state index is 12.5. The SMILES string of the molecule is CCCCC(CCC)C(C)C(=O)Oc1ccc(-c2ncncn2)c(O)c1. The maximum absolute atomic E-state index is 12.5. The molecule has 0 fully saturated rings. The number of benzene rings is 1. The van der Waals surface area contributed by atoms with Crippen molar-refractivity contribution in [1.82, 2.24) is 15.0 Å². The molecule has 0 radical (unpaired) electrons. The highest BCUT2D eigenvalue weighted by Gasteiger charge is 2.25. The summed E-state index contributed by atoms with van der Waals surface area (Å²) in [5, 5.41) is 10.2. The van der Waals surface area contributed by atoms with Crippen molar-refractivity contribution in [1.29, 1.82) is 0 Å². The highest BCUT2D eigenvalue weighted by molar-refractivity contribution is 5.76. The predicted molar refractivity (Wildman–Crippen MR) is 99.6 cm³/mol. The van der Waals surface area contributed by atoms with Crippen LogP contribution in [0, 0.1) is 11.8 Å². The van der Waals surface area contributed by atoms with Gasteiger partial charge in [0.05, 0.1) is 11.5 Å². The van der Waals surface area contributed by atoms with Gasteiger partial charge >= 0.3 is 5.97 Å². The highest BCUT2D eigenvalue weighted by Crippen LogP contribution is 2.31. The van der Waals surface area contributed by atoms with E-state index in [4.69, 9.17) is 4.74 Å². The second-order valence-electron chi connectivity index (χ2n) is 6.54. The fraction of sp³-hybridized carbons (Fsp3) is 0.500. The molecule has 1 aromatic heterocycles. The first-order chi connectivity index (χ1) is 12.6. The average Bonchev–Trinajstić information content (AvgIpc) is 2.65. The number of hydrogen-bond donors (Lipinski definition) is 1. The molecule has 26 heavy (non-hydrogen) atoms. The molecule has 0 aliphatic heterocycles. The van der Waals surface area contributed by atoms with Crippen LogP contribution in [0.3, 0.4) is 0 Å². The largest absolute Gasteiger partial charge is 0.507 e. The molecular weight excluding hydrogens is 330 g/mol. The fourth-order valence-corrected chi connectivity index (χ4v) is 3.03. The van der Waals surface area contributed by atoms with E-state index >= 15 is 0 Å². The third kappa shape index (κ3) is 5.25. The number of phenols is 1. The molecule has 1 aromatic carbocycles. The van der Waals surface area contributed by atoms with E-state index in [1.807, 2.05) is 6.92 Å². The molecule has 2 rings (SSSR count). The lowest BCUT2D eigenvalue weighted by atomic mass is 9.86. The lowest BCUT2D eigenvalue weighted by Crippen LogP contribution is -2.25. The zero-order valence-corrected chi connectivity index (χ0v) is 15.7. The summed E-state index contributed by atoms with van der Waals surface area (Å²) in [6, 6.07) is 4.70. The molecule has 6 heteroatoms. The van der Waals surface area contributed by atoms with E-state index in [0.29, 0.717) is 23.1 Å². The van der Waals surface area contributed by atoms with Gasteiger partial charge in [0.1, 0.15) is 24.2 Å². The van der Waals surface area contributed by atoms with Gasteiger partial charge in [-0.25, -0.2) is 15.0 Å². The van der Waals surface area contributed by atoms with Gasteiger partial charge in [-0.3, -0.25) is 4.79 Å². The van der Waals surface area contributed by atoms with Crippen LogP contribution in [0.5, 0.6) is 11.5 Å². The van der Waals surface area contributed by atoms with Crippen LogP contribution in [0.25, 0.3) is 11.4 Å². The number of carbonyl (C=O) groups is 1. The van der Waals surface area contributed by atoms with Crippen LogP contribution in [-0.4, -0.2) is 26.0 Å². The summed E-state index contributed by atoms with van der Waals surface area (Å²) >= 11 is 0. The Hall–Kier alpha value is -2.50. The van der Waals surface area contributed by atoms with Gasteiger partial charge in [0, 0.05) is 6.07 Å². The van der Waals surface area contributed by atoms with Crippen molar-refractivity contribution in [3.05, 3.63) is 30.9 Å². The summed E-state index contributed by atoms with van der Waals surface area (Å²) in [6.07, 6.45) is 8.05. The number of hydrogen-bond acceptors (Lipinski definition) is 6. The first kappa shape index (κ1) is 19.8. The second-order valence-corrected chi connectivity index (χ2v) is 6.54. The lowest BCUT2D eigenvalue weighted by molar-refractivity contribution is -0.140. The minimum absolute atomic E-state index is 0.0368. The quantitative estimate of drug-likeness (QED) is 0.529.